The number of ether oxygens (including phenoxy) is 1. The molecule has 0 heterocycles. The van der Waals surface area contributed by atoms with Crippen molar-refractivity contribution in [3.05, 3.63) is 35.6 Å². The molecule has 0 aromatic heterocycles. The Balaban J connectivity index is 2.02. The molecule has 132 valence electrons. The van der Waals surface area contributed by atoms with Gasteiger partial charge < -0.3 is 19.8 Å². The zero-order chi connectivity index (χ0) is 17.7. The van der Waals surface area contributed by atoms with E-state index in [1.165, 1.54) is 6.92 Å². The van der Waals surface area contributed by atoms with Gasteiger partial charge in [0.05, 0.1) is 12.7 Å². The molecule has 2 N–H and O–H groups in total. The molecule has 0 spiro atoms. The summed E-state index contributed by atoms with van der Waals surface area (Å²) in [5, 5.41) is 19.9. The van der Waals surface area contributed by atoms with Crippen LogP contribution in [0.4, 0.5) is 5.69 Å². The van der Waals surface area contributed by atoms with Gasteiger partial charge in [-0.05, 0) is 31.0 Å². The second kappa shape index (κ2) is 8.31. The number of rotatable bonds is 9. The van der Waals surface area contributed by atoms with Gasteiger partial charge in [0.15, 0.2) is 5.78 Å². The maximum atomic E-state index is 10.9. The van der Waals surface area contributed by atoms with E-state index >= 15 is 0 Å². The fourth-order valence-electron chi connectivity index (χ4n) is 2.90. The molecule has 0 saturated heterocycles. The lowest BCUT2D eigenvalue weighted by Gasteiger charge is -2.33. The first-order valence-electron chi connectivity index (χ1n) is 8.49. The van der Waals surface area contributed by atoms with E-state index < -0.39 is 6.10 Å². The first-order valence-corrected chi connectivity index (χ1v) is 8.49. The predicted octanol–water partition coefficient (Wildman–Crippen LogP) is 2.79. The number of anilines is 1. The molecule has 0 aliphatic heterocycles. The predicted molar refractivity (Wildman–Crippen MR) is 95.2 cm³/mol. The molecule has 24 heavy (non-hydrogen) atoms. The molecule has 5 nitrogen and oxygen atoms in total. The van der Waals surface area contributed by atoms with E-state index in [1.54, 1.807) is 0 Å². The summed E-state index contributed by atoms with van der Waals surface area (Å²) in [4.78, 5) is 13.1. The quantitative estimate of drug-likeness (QED) is 0.680. The molecule has 0 saturated carbocycles. The van der Waals surface area contributed by atoms with E-state index in [2.05, 4.69) is 11.8 Å². The van der Waals surface area contributed by atoms with Crippen molar-refractivity contribution in [3.63, 3.8) is 0 Å². The van der Waals surface area contributed by atoms with Crippen LogP contribution in [0.25, 0.3) is 5.57 Å². The van der Waals surface area contributed by atoms with Crippen LogP contribution in [0.2, 0.25) is 0 Å². The number of aliphatic hydroxyl groups excluding tert-OH is 2. The van der Waals surface area contributed by atoms with Crippen LogP contribution in [0.15, 0.2) is 30.0 Å². The van der Waals surface area contributed by atoms with Crippen LogP contribution in [-0.2, 0) is 9.53 Å². The van der Waals surface area contributed by atoms with Crippen LogP contribution in [0.5, 0.6) is 0 Å². The largest absolute Gasteiger partial charge is 0.512 e. The Morgan fingerprint density at radius 1 is 1.25 bits per heavy atom. The molecule has 0 bridgehead atoms. The van der Waals surface area contributed by atoms with E-state index in [4.69, 9.17) is 4.74 Å². The molecule has 0 radical (unpaired) electrons. The minimum absolute atomic E-state index is 0.0303. The van der Waals surface area contributed by atoms with Crippen molar-refractivity contribution in [2.24, 2.45) is 5.92 Å². The average Bonchev–Trinajstić information content (AvgIpc) is 2.58. The summed E-state index contributed by atoms with van der Waals surface area (Å²) in [7, 11) is 0. The first-order chi connectivity index (χ1) is 11.5. The third-order valence-corrected chi connectivity index (χ3v) is 4.32. The Morgan fingerprint density at radius 2 is 1.92 bits per heavy atom. The molecule has 0 fully saturated rings. The highest BCUT2D eigenvalue weighted by Gasteiger charge is 2.36. The molecule has 1 aliphatic rings. The highest BCUT2D eigenvalue weighted by Crippen LogP contribution is 2.40. The van der Waals surface area contributed by atoms with Gasteiger partial charge in [-0.25, -0.2) is 0 Å². The molecule has 1 aliphatic carbocycles. The summed E-state index contributed by atoms with van der Waals surface area (Å²) in [5.41, 5.74) is 2.54. The summed E-state index contributed by atoms with van der Waals surface area (Å²) in [5.74, 6) is 0.121. The number of hydrogen-bond donors (Lipinski definition) is 2. The molecule has 2 rings (SSSR count). The van der Waals surface area contributed by atoms with Gasteiger partial charge in [0.25, 0.3) is 0 Å². The number of aliphatic hydroxyl groups is 2. The highest BCUT2D eigenvalue weighted by molar-refractivity contribution is 5.77. The zero-order valence-electron chi connectivity index (χ0n) is 14.7. The normalized spacial score (nSPS) is 20.0. The van der Waals surface area contributed by atoms with Crippen LogP contribution < -0.4 is 4.90 Å². The third kappa shape index (κ3) is 4.16. The van der Waals surface area contributed by atoms with Gasteiger partial charge in [0, 0.05) is 30.3 Å². The van der Waals surface area contributed by atoms with Gasteiger partial charge in [-0.1, -0.05) is 26.0 Å². The average molecular weight is 333 g/mol. The number of hydrogen-bond acceptors (Lipinski definition) is 5. The minimum Gasteiger partial charge on any atom is -0.512 e. The molecule has 1 aromatic rings. The molecule has 1 aromatic carbocycles. The third-order valence-electron chi connectivity index (χ3n) is 4.32. The van der Waals surface area contributed by atoms with Crippen LogP contribution >= 0.6 is 0 Å². The maximum absolute atomic E-state index is 10.9. The fourth-order valence-corrected chi connectivity index (χ4v) is 2.90. The zero-order valence-corrected chi connectivity index (χ0v) is 14.7. The molecule has 0 amide bonds. The fraction of sp³-hybridized carbons (Fsp3) is 0.526. The van der Waals surface area contributed by atoms with Crippen LogP contribution in [-0.4, -0.2) is 48.4 Å². The number of Topliss-reactive ketones (excluding diaryl/α,β-unsaturated/α-hetero) is 1. The minimum atomic E-state index is -0.595. The Morgan fingerprint density at radius 3 is 2.46 bits per heavy atom. The molecular formula is C19H27NO4. The van der Waals surface area contributed by atoms with E-state index in [0.29, 0.717) is 18.7 Å². The van der Waals surface area contributed by atoms with E-state index in [0.717, 1.165) is 24.2 Å². The Bertz CT molecular complexity index is 594. The lowest BCUT2D eigenvalue weighted by molar-refractivity contribution is -0.121. The van der Waals surface area contributed by atoms with Crippen molar-refractivity contribution in [2.45, 2.75) is 33.3 Å². The van der Waals surface area contributed by atoms with Gasteiger partial charge in [-0.3, -0.25) is 4.79 Å². The van der Waals surface area contributed by atoms with Crippen LogP contribution in [0.1, 0.15) is 32.8 Å². The van der Waals surface area contributed by atoms with E-state index in [9.17, 15) is 15.0 Å². The summed E-state index contributed by atoms with van der Waals surface area (Å²) in [6.45, 7) is 7.72. The van der Waals surface area contributed by atoms with Gasteiger partial charge >= 0.3 is 0 Å². The number of carbonyl (C=O) groups is 1. The van der Waals surface area contributed by atoms with Crippen molar-refractivity contribution in [1.29, 1.82) is 0 Å². The van der Waals surface area contributed by atoms with Crippen molar-refractivity contribution in [2.75, 3.05) is 31.2 Å². The summed E-state index contributed by atoms with van der Waals surface area (Å²) in [6, 6.07) is 7.84. The topological polar surface area (TPSA) is 70.0 Å². The first kappa shape index (κ1) is 18.5. The van der Waals surface area contributed by atoms with Crippen LogP contribution in [0, 0.1) is 5.92 Å². The monoisotopic (exact) mass is 333 g/mol. The Hall–Kier alpha value is -1.85. The Kier molecular flexibility index (Phi) is 6.40. The van der Waals surface area contributed by atoms with Gasteiger partial charge in [-0.2, -0.15) is 0 Å². The van der Waals surface area contributed by atoms with Gasteiger partial charge in [-0.15, -0.1) is 0 Å². The molecule has 2 atom stereocenters. The lowest BCUT2D eigenvalue weighted by atomic mass is 9.78. The van der Waals surface area contributed by atoms with Crippen molar-refractivity contribution in [3.8, 4) is 0 Å². The second-order valence-corrected chi connectivity index (χ2v) is 6.32. The summed E-state index contributed by atoms with van der Waals surface area (Å²) < 4.78 is 5.36. The maximum Gasteiger partial charge on any atom is 0.155 e. The molecular weight excluding hydrogens is 306 g/mol. The number of nitrogens with zero attached hydrogens (tertiary/aromatic N) is 1. The highest BCUT2D eigenvalue weighted by atomic mass is 16.5. The molecule has 2 unspecified atom stereocenters. The van der Waals surface area contributed by atoms with Gasteiger partial charge in [0.2, 0.25) is 0 Å². The van der Waals surface area contributed by atoms with Crippen molar-refractivity contribution < 1.29 is 19.7 Å². The Labute approximate surface area is 143 Å². The summed E-state index contributed by atoms with van der Waals surface area (Å²) in [6.07, 6.45) is 0.416. The van der Waals surface area contributed by atoms with E-state index in [-0.39, 0.29) is 24.1 Å². The van der Waals surface area contributed by atoms with Crippen LogP contribution in [0.3, 0.4) is 0 Å². The number of benzene rings is 1. The molecule has 5 heteroatoms. The number of carbonyl (C=O) groups excluding carboxylic acids is 1. The smallest absolute Gasteiger partial charge is 0.155 e. The SMILES string of the molecule is CCCN(CCOCC(C)=O)c1ccc(C2=C(O)C(C)C2O)cc1. The van der Waals surface area contributed by atoms with Gasteiger partial charge in [0.1, 0.15) is 12.4 Å². The van der Waals surface area contributed by atoms with Crippen molar-refractivity contribution in [1.82, 2.24) is 0 Å². The summed E-state index contributed by atoms with van der Waals surface area (Å²) >= 11 is 0. The van der Waals surface area contributed by atoms with Crippen molar-refractivity contribution >= 4 is 17.0 Å². The second-order valence-electron chi connectivity index (χ2n) is 6.32. The lowest BCUT2D eigenvalue weighted by Crippen LogP contribution is -2.33. The number of ketones is 1. The van der Waals surface area contributed by atoms with E-state index in [1.807, 2.05) is 31.2 Å². The standard InChI is InChI=1S/C19H27NO4/c1-4-9-20(10-11-24-12-13(2)21)16-7-5-15(6-8-16)17-18(22)14(3)19(17)23/h5-8,14,18,22-23H,4,9-12H2,1-3H3.